The molecule has 0 aromatic heterocycles. The Morgan fingerprint density at radius 2 is 1.83 bits per heavy atom. The van der Waals surface area contributed by atoms with Crippen LogP contribution in [0.25, 0.3) is 0 Å². The first-order valence-corrected chi connectivity index (χ1v) is 8.48. The number of carbonyl (C=O) groups excluding carboxylic acids is 1. The number of urea groups is 1. The molecule has 5 nitrogen and oxygen atoms in total. The summed E-state index contributed by atoms with van der Waals surface area (Å²) < 4.78 is 5.72. The van der Waals surface area contributed by atoms with Gasteiger partial charge in [-0.3, -0.25) is 4.90 Å². The summed E-state index contributed by atoms with van der Waals surface area (Å²) >= 11 is 0. The van der Waals surface area contributed by atoms with Gasteiger partial charge in [0.2, 0.25) is 0 Å². The lowest BCUT2D eigenvalue weighted by molar-refractivity contribution is -0.0679. The van der Waals surface area contributed by atoms with Gasteiger partial charge in [-0.2, -0.15) is 0 Å². The highest BCUT2D eigenvalue weighted by Crippen LogP contribution is 2.10. The fourth-order valence-electron chi connectivity index (χ4n) is 2.92. The molecule has 1 aliphatic heterocycles. The molecule has 0 bridgehead atoms. The van der Waals surface area contributed by atoms with Gasteiger partial charge in [0.25, 0.3) is 0 Å². The van der Waals surface area contributed by atoms with Crippen molar-refractivity contribution >= 4 is 6.03 Å². The van der Waals surface area contributed by atoms with Crippen molar-refractivity contribution in [2.45, 2.75) is 45.9 Å². The molecule has 2 atom stereocenters. The number of nitrogens with one attached hydrogen (secondary N) is 2. The molecule has 1 saturated heterocycles. The molecule has 2 amide bonds. The van der Waals surface area contributed by atoms with Gasteiger partial charge in [0.05, 0.1) is 12.2 Å². The molecule has 1 aromatic rings. The highest BCUT2D eigenvalue weighted by molar-refractivity contribution is 5.73. The minimum absolute atomic E-state index is 0.103. The maximum Gasteiger partial charge on any atom is 0.315 e. The van der Waals surface area contributed by atoms with E-state index in [4.69, 9.17) is 4.74 Å². The lowest BCUT2D eigenvalue weighted by Crippen LogP contribution is -2.46. The highest BCUT2D eigenvalue weighted by atomic mass is 16.5. The van der Waals surface area contributed by atoms with E-state index in [0.717, 1.165) is 31.6 Å². The number of benzene rings is 1. The van der Waals surface area contributed by atoms with Crippen LogP contribution in [0.2, 0.25) is 0 Å². The second-order valence-electron chi connectivity index (χ2n) is 6.47. The summed E-state index contributed by atoms with van der Waals surface area (Å²) in [5, 5.41) is 5.81. The highest BCUT2D eigenvalue weighted by Gasteiger charge is 2.21. The largest absolute Gasteiger partial charge is 0.373 e. The summed E-state index contributed by atoms with van der Waals surface area (Å²) in [6.45, 7) is 10.5. The van der Waals surface area contributed by atoms with Crippen LogP contribution in [0.15, 0.2) is 24.3 Å². The van der Waals surface area contributed by atoms with Crippen LogP contribution < -0.4 is 10.6 Å². The molecule has 23 heavy (non-hydrogen) atoms. The zero-order valence-corrected chi connectivity index (χ0v) is 14.5. The van der Waals surface area contributed by atoms with Crippen LogP contribution in [0.4, 0.5) is 4.79 Å². The van der Waals surface area contributed by atoms with E-state index in [1.807, 2.05) is 12.1 Å². The third-order valence-corrected chi connectivity index (χ3v) is 4.01. The summed E-state index contributed by atoms with van der Waals surface area (Å²) in [6.07, 6.45) is 1.55. The Morgan fingerprint density at radius 3 is 2.48 bits per heavy atom. The first-order valence-electron chi connectivity index (χ1n) is 8.48. The van der Waals surface area contributed by atoms with Crippen LogP contribution in [0.1, 0.15) is 31.4 Å². The fourth-order valence-corrected chi connectivity index (χ4v) is 2.92. The maximum atomic E-state index is 11.8. The van der Waals surface area contributed by atoms with E-state index in [1.165, 1.54) is 5.56 Å². The zero-order chi connectivity index (χ0) is 16.7. The Bertz CT molecular complexity index is 480. The van der Waals surface area contributed by atoms with E-state index in [-0.39, 0.29) is 6.03 Å². The van der Waals surface area contributed by atoms with Gasteiger partial charge in [0.15, 0.2) is 0 Å². The molecular formula is C18H29N3O2. The molecule has 1 aromatic carbocycles. The number of hydrogen-bond acceptors (Lipinski definition) is 3. The van der Waals surface area contributed by atoms with Gasteiger partial charge in [-0.15, -0.1) is 0 Å². The van der Waals surface area contributed by atoms with Crippen molar-refractivity contribution in [1.82, 2.24) is 15.5 Å². The van der Waals surface area contributed by atoms with Crippen molar-refractivity contribution in [3.8, 4) is 0 Å². The van der Waals surface area contributed by atoms with E-state index in [1.54, 1.807) is 0 Å². The Kier molecular flexibility index (Phi) is 6.86. The third kappa shape index (κ3) is 6.59. The predicted octanol–water partition coefficient (Wildman–Crippen LogP) is 2.29. The van der Waals surface area contributed by atoms with Gasteiger partial charge in [0.1, 0.15) is 0 Å². The van der Waals surface area contributed by atoms with Crippen molar-refractivity contribution < 1.29 is 9.53 Å². The van der Waals surface area contributed by atoms with E-state index in [2.05, 4.69) is 48.4 Å². The molecule has 2 N–H and O–H groups in total. The number of morpholine rings is 1. The van der Waals surface area contributed by atoms with Gasteiger partial charge < -0.3 is 15.4 Å². The van der Waals surface area contributed by atoms with E-state index >= 15 is 0 Å². The van der Waals surface area contributed by atoms with Crippen molar-refractivity contribution in [1.29, 1.82) is 0 Å². The minimum atomic E-state index is -0.103. The molecule has 0 unspecified atom stereocenters. The topological polar surface area (TPSA) is 53.6 Å². The summed E-state index contributed by atoms with van der Waals surface area (Å²) in [5.41, 5.74) is 2.34. The molecule has 1 aliphatic rings. The molecular weight excluding hydrogens is 290 g/mol. The smallest absolute Gasteiger partial charge is 0.315 e. The summed E-state index contributed by atoms with van der Waals surface area (Å²) in [6, 6.07) is 8.08. The summed E-state index contributed by atoms with van der Waals surface area (Å²) in [7, 11) is 0. The van der Waals surface area contributed by atoms with Crippen molar-refractivity contribution in [2.24, 2.45) is 0 Å². The van der Waals surface area contributed by atoms with Crippen LogP contribution in [-0.2, 0) is 11.3 Å². The zero-order valence-electron chi connectivity index (χ0n) is 14.5. The molecule has 0 spiro atoms. The van der Waals surface area contributed by atoms with Crippen molar-refractivity contribution in [3.63, 3.8) is 0 Å². The molecule has 1 fully saturated rings. The predicted molar refractivity (Wildman–Crippen MR) is 92.5 cm³/mol. The third-order valence-electron chi connectivity index (χ3n) is 4.01. The van der Waals surface area contributed by atoms with Crippen LogP contribution in [0.5, 0.6) is 0 Å². The molecule has 2 rings (SSSR count). The second kappa shape index (κ2) is 8.89. The van der Waals surface area contributed by atoms with Crippen LogP contribution in [0, 0.1) is 6.92 Å². The maximum absolute atomic E-state index is 11.8. The summed E-state index contributed by atoms with van der Waals surface area (Å²) in [4.78, 5) is 14.2. The lowest BCUT2D eigenvalue weighted by atomic mass is 10.1. The Hall–Kier alpha value is -1.59. The first kappa shape index (κ1) is 17.8. The Morgan fingerprint density at radius 1 is 1.17 bits per heavy atom. The normalized spacial score (nSPS) is 21.9. The number of nitrogens with zero attached hydrogens (tertiary/aromatic N) is 1. The number of carbonyl (C=O) groups is 1. The van der Waals surface area contributed by atoms with Gasteiger partial charge in [-0.1, -0.05) is 29.8 Å². The Labute approximate surface area is 139 Å². The molecule has 0 aliphatic carbocycles. The van der Waals surface area contributed by atoms with E-state index in [0.29, 0.717) is 25.3 Å². The lowest BCUT2D eigenvalue weighted by Gasteiger charge is -2.35. The average molecular weight is 319 g/mol. The number of hydrogen-bond donors (Lipinski definition) is 2. The van der Waals surface area contributed by atoms with Crippen LogP contribution in [0.3, 0.4) is 0 Å². The van der Waals surface area contributed by atoms with Gasteiger partial charge >= 0.3 is 6.03 Å². The summed E-state index contributed by atoms with van der Waals surface area (Å²) in [5.74, 6) is 0. The SMILES string of the molecule is Cc1ccc(CNC(=O)NCCCN2C[C@H](C)O[C@@H](C)C2)cc1. The average Bonchev–Trinajstić information content (AvgIpc) is 2.50. The molecule has 0 radical (unpaired) electrons. The standard InChI is InChI=1S/C18H29N3O2/c1-14-5-7-17(8-6-14)11-20-18(22)19-9-4-10-21-12-15(2)23-16(3)13-21/h5-8,15-16H,4,9-13H2,1-3H3,(H2,19,20,22)/t15-,16-/m0/s1. The Balaban J connectivity index is 1.57. The van der Waals surface area contributed by atoms with Gasteiger partial charge in [0, 0.05) is 32.7 Å². The minimum Gasteiger partial charge on any atom is -0.373 e. The number of amides is 2. The van der Waals surface area contributed by atoms with E-state index < -0.39 is 0 Å². The van der Waals surface area contributed by atoms with E-state index in [9.17, 15) is 4.79 Å². The first-order chi connectivity index (χ1) is 11.0. The number of ether oxygens (including phenoxy) is 1. The fraction of sp³-hybridized carbons (Fsp3) is 0.611. The number of rotatable bonds is 6. The quantitative estimate of drug-likeness (QED) is 0.791. The monoisotopic (exact) mass is 319 g/mol. The molecule has 1 heterocycles. The molecule has 128 valence electrons. The van der Waals surface area contributed by atoms with Gasteiger partial charge in [-0.25, -0.2) is 4.79 Å². The van der Waals surface area contributed by atoms with Crippen molar-refractivity contribution in [2.75, 3.05) is 26.2 Å². The van der Waals surface area contributed by atoms with Crippen LogP contribution in [-0.4, -0.2) is 49.3 Å². The number of aryl methyl sites for hydroxylation is 1. The van der Waals surface area contributed by atoms with Gasteiger partial charge in [-0.05, 0) is 32.8 Å². The second-order valence-corrected chi connectivity index (χ2v) is 6.47. The van der Waals surface area contributed by atoms with Crippen molar-refractivity contribution in [3.05, 3.63) is 35.4 Å². The molecule has 0 saturated carbocycles. The molecule has 5 heteroatoms. The van der Waals surface area contributed by atoms with Crippen LogP contribution >= 0.6 is 0 Å².